The summed E-state index contributed by atoms with van der Waals surface area (Å²) < 4.78 is 24.4. The second-order valence-corrected chi connectivity index (χ2v) is 9.64. The maximum atomic E-state index is 12.3. The van der Waals surface area contributed by atoms with Gasteiger partial charge in [0, 0.05) is 23.7 Å². The van der Waals surface area contributed by atoms with Gasteiger partial charge in [0.15, 0.2) is 15.7 Å². The van der Waals surface area contributed by atoms with E-state index in [9.17, 15) is 13.2 Å². The highest BCUT2D eigenvalue weighted by atomic mass is 35.5. The van der Waals surface area contributed by atoms with Gasteiger partial charge in [-0.15, -0.1) is 10.2 Å². The first-order chi connectivity index (χ1) is 12.3. The first kappa shape index (κ1) is 19.0. The lowest BCUT2D eigenvalue weighted by Gasteiger charge is -2.23. The third-order valence-electron chi connectivity index (χ3n) is 4.24. The van der Waals surface area contributed by atoms with Gasteiger partial charge in [0.1, 0.15) is 0 Å². The van der Waals surface area contributed by atoms with Gasteiger partial charge in [-0.2, -0.15) is 0 Å². The van der Waals surface area contributed by atoms with E-state index in [0.29, 0.717) is 22.4 Å². The number of aromatic nitrogens is 3. The zero-order valence-electron chi connectivity index (χ0n) is 14.0. The van der Waals surface area contributed by atoms with E-state index in [1.165, 1.54) is 9.58 Å². The van der Waals surface area contributed by atoms with E-state index in [-0.39, 0.29) is 29.2 Å². The van der Waals surface area contributed by atoms with E-state index in [4.69, 9.17) is 17.4 Å². The maximum absolute atomic E-state index is 12.3. The Kier molecular flexibility index (Phi) is 5.44. The molecule has 0 radical (unpaired) electrons. The molecule has 2 N–H and O–H groups in total. The number of rotatable bonds is 5. The molecular weight excluding hydrogens is 398 g/mol. The molecule has 1 aliphatic rings. The summed E-state index contributed by atoms with van der Waals surface area (Å²) in [5.74, 6) is 6.57. The summed E-state index contributed by atoms with van der Waals surface area (Å²) >= 11 is 7.03. The molecule has 1 aromatic carbocycles. The van der Waals surface area contributed by atoms with Crippen LogP contribution >= 0.6 is 23.4 Å². The number of nitrogens with two attached hydrogens (primary N) is 1. The quantitative estimate of drug-likeness (QED) is 0.573. The van der Waals surface area contributed by atoms with Crippen molar-refractivity contribution in [3.63, 3.8) is 0 Å². The molecule has 0 spiro atoms. The van der Waals surface area contributed by atoms with Crippen LogP contribution in [0.1, 0.15) is 6.42 Å². The second-order valence-electron chi connectivity index (χ2n) is 6.03. The Balaban J connectivity index is 1.63. The van der Waals surface area contributed by atoms with Crippen molar-refractivity contribution in [2.75, 3.05) is 30.1 Å². The van der Waals surface area contributed by atoms with Gasteiger partial charge in [-0.05, 0) is 30.7 Å². The second kappa shape index (κ2) is 7.45. The number of nitrogen functional groups attached to an aromatic ring is 1. The lowest BCUT2D eigenvalue weighted by molar-refractivity contribution is -0.128. The van der Waals surface area contributed by atoms with E-state index in [1.54, 1.807) is 31.3 Å². The van der Waals surface area contributed by atoms with E-state index in [2.05, 4.69) is 10.2 Å². The largest absolute Gasteiger partial charge is 0.341 e. The first-order valence-corrected chi connectivity index (χ1v) is 11.0. The molecule has 1 aromatic heterocycles. The van der Waals surface area contributed by atoms with E-state index >= 15 is 0 Å². The maximum Gasteiger partial charge on any atom is 0.233 e. The summed E-state index contributed by atoms with van der Waals surface area (Å²) in [6, 6.07) is 6.75. The zero-order chi connectivity index (χ0) is 18.9. The standard InChI is InChI=1S/C15H18ClN5O3S2/c1-20(12-6-7-26(23,24)9-12)13(22)8-25-15-19-18-14(21(15)17)10-2-4-11(16)5-3-10/h2-5,12H,6-9,17H2,1H3/t12-/m0/s1. The molecule has 11 heteroatoms. The number of nitrogens with zero attached hydrogens (tertiary/aromatic N) is 4. The van der Waals surface area contributed by atoms with Crippen molar-refractivity contribution in [1.29, 1.82) is 0 Å². The summed E-state index contributed by atoms with van der Waals surface area (Å²) in [7, 11) is -1.41. The van der Waals surface area contributed by atoms with Crippen LogP contribution in [0.2, 0.25) is 5.02 Å². The number of benzene rings is 1. The van der Waals surface area contributed by atoms with Gasteiger partial charge in [0.25, 0.3) is 0 Å². The highest BCUT2D eigenvalue weighted by molar-refractivity contribution is 7.99. The highest BCUT2D eigenvalue weighted by Gasteiger charge is 2.32. The van der Waals surface area contributed by atoms with Gasteiger partial charge in [0.2, 0.25) is 11.1 Å². The number of hydrogen-bond acceptors (Lipinski definition) is 7. The fraction of sp³-hybridized carbons (Fsp3) is 0.400. The predicted molar refractivity (Wildman–Crippen MR) is 101 cm³/mol. The molecule has 1 aliphatic heterocycles. The molecule has 2 heterocycles. The van der Waals surface area contributed by atoms with Crippen LogP contribution < -0.4 is 5.84 Å². The summed E-state index contributed by atoms with van der Waals surface area (Å²) in [5.41, 5.74) is 0.760. The molecule has 0 aliphatic carbocycles. The van der Waals surface area contributed by atoms with Gasteiger partial charge in [-0.1, -0.05) is 23.4 Å². The van der Waals surface area contributed by atoms with Crippen molar-refractivity contribution in [3.05, 3.63) is 29.3 Å². The lowest BCUT2D eigenvalue weighted by Crippen LogP contribution is -2.38. The molecule has 0 saturated carbocycles. The molecule has 1 fully saturated rings. The molecule has 2 aromatic rings. The van der Waals surface area contributed by atoms with Crippen LogP contribution in [0.25, 0.3) is 11.4 Å². The zero-order valence-corrected chi connectivity index (χ0v) is 16.4. The smallest absolute Gasteiger partial charge is 0.233 e. The van der Waals surface area contributed by atoms with Crippen LogP contribution in [-0.4, -0.2) is 64.4 Å². The molecule has 26 heavy (non-hydrogen) atoms. The molecule has 0 bridgehead atoms. The van der Waals surface area contributed by atoms with Crippen molar-refractivity contribution in [2.45, 2.75) is 17.6 Å². The van der Waals surface area contributed by atoms with Gasteiger partial charge >= 0.3 is 0 Å². The summed E-state index contributed by atoms with van der Waals surface area (Å²) in [4.78, 5) is 13.8. The third-order valence-corrected chi connectivity index (χ3v) is 7.17. The number of carbonyl (C=O) groups is 1. The van der Waals surface area contributed by atoms with Crippen molar-refractivity contribution in [1.82, 2.24) is 19.8 Å². The Bertz CT molecular complexity index is 914. The Morgan fingerprint density at radius 1 is 1.38 bits per heavy atom. The predicted octanol–water partition coefficient (Wildman–Crippen LogP) is 1.05. The number of carbonyl (C=O) groups excluding carboxylic acids is 1. The van der Waals surface area contributed by atoms with Crippen LogP contribution in [0.4, 0.5) is 0 Å². The van der Waals surface area contributed by atoms with Crippen LogP contribution in [0, 0.1) is 0 Å². The van der Waals surface area contributed by atoms with E-state index in [0.717, 1.165) is 17.3 Å². The Hall–Kier alpha value is -1.78. The number of halogens is 1. The fourth-order valence-electron chi connectivity index (χ4n) is 2.68. The first-order valence-electron chi connectivity index (χ1n) is 7.82. The Morgan fingerprint density at radius 3 is 2.69 bits per heavy atom. The highest BCUT2D eigenvalue weighted by Crippen LogP contribution is 2.24. The number of thioether (sulfide) groups is 1. The minimum Gasteiger partial charge on any atom is -0.341 e. The van der Waals surface area contributed by atoms with Crippen LogP contribution in [0.5, 0.6) is 0 Å². The number of amides is 1. The van der Waals surface area contributed by atoms with E-state index < -0.39 is 9.84 Å². The monoisotopic (exact) mass is 415 g/mol. The summed E-state index contributed by atoms with van der Waals surface area (Å²) in [6.07, 6.45) is 0.475. The summed E-state index contributed by atoms with van der Waals surface area (Å²) in [6.45, 7) is 0. The van der Waals surface area contributed by atoms with Crippen molar-refractivity contribution in [2.24, 2.45) is 0 Å². The van der Waals surface area contributed by atoms with Crippen LogP contribution in [-0.2, 0) is 14.6 Å². The molecule has 3 rings (SSSR count). The molecule has 1 amide bonds. The van der Waals surface area contributed by atoms with Gasteiger partial charge in [-0.25, -0.2) is 13.1 Å². The van der Waals surface area contributed by atoms with Gasteiger partial charge < -0.3 is 10.7 Å². The summed E-state index contributed by atoms with van der Waals surface area (Å²) in [5, 5.41) is 9.08. The van der Waals surface area contributed by atoms with Gasteiger partial charge in [0.05, 0.1) is 17.3 Å². The van der Waals surface area contributed by atoms with Crippen molar-refractivity contribution in [3.8, 4) is 11.4 Å². The molecule has 8 nitrogen and oxygen atoms in total. The average Bonchev–Trinajstić information content (AvgIpc) is 3.15. The number of hydrogen-bond donors (Lipinski definition) is 1. The average molecular weight is 416 g/mol. The Morgan fingerprint density at radius 2 is 2.08 bits per heavy atom. The molecule has 140 valence electrons. The SMILES string of the molecule is CN(C(=O)CSc1nnc(-c2ccc(Cl)cc2)n1N)[C@H]1CCS(=O)(=O)C1. The van der Waals surface area contributed by atoms with Gasteiger partial charge in [-0.3, -0.25) is 4.79 Å². The Labute approximate surface area is 160 Å². The minimum absolute atomic E-state index is 0.0215. The normalized spacial score (nSPS) is 18.8. The third kappa shape index (κ3) is 4.13. The van der Waals surface area contributed by atoms with Crippen molar-refractivity contribution < 1.29 is 13.2 Å². The topological polar surface area (TPSA) is 111 Å². The fourth-order valence-corrected chi connectivity index (χ4v) is 5.36. The van der Waals surface area contributed by atoms with E-state index in [1.807, 2.05) is 0 Å². The van der Waals surface area contributed by atoms with Crippen molar-refractivity contribution >= 4 is 39.1 Å². The molecule has 1 saturated heterocycles. The molecule has 1 atom stereocenters. The minimum atomic E-state index is -3.03. The number of sulfone groups is 1. The van der Waals surface area contributed by atoms with Crippen LogP contribution in [0.15, 0.2) is 29.4 Å². The van der Waals surface area contributed by atoms with Crippen LogP contribution in [0.3, 0.4) is 0 Å². The lowest BCUT2D eigenvalue weighted by atomic mass is 10.2. The molecular formula is C15H18ClN5O3S2. The molecule has 0 unspecified atom stereocenters.